The first-order chi connectivity index (χ1) is 18.4. The average molecular weight is 507 g/mol. The minimum absolute atomic E-state index is 0.195. The molecule has 5 rings (SSSR count). The van der Waals surface area contributed by atoms with Crippen molar-refractivity contribution >= 4 is 11.6 Å². The molecule has 0 saturated heterocycles. The molecule has 0 heterocycles. The summed E-state index contributed by atoms with van der Waals surface area (Å²) in [5.74, 6) is 0.918. The topological polar surface area (TPSA) is 52.6 Å². The number of halogens is 2. The van der Waals surface area contributed by atoms with Crippen LogP contribution in [0.25, 0.3) is 0 Å². The maximum atomic E-state index is 13.1. The van der Waals surface area contributed by atoms with Crippen molar-refractivity contribution in [2.24, 2.45) is 0 Å². The Balaban J connectivity index is 1.22. The van der Waals surface area contributed by atoms with Gasteiger partial charge in [0.1, 0.15) is 34.6 Å². The molecule has 186 valence electrons. The third kappa shape index (κ3) is 5.82. The van der Waals surface area contributed by atoms with E-state index in [1.165, 1.54) is 48.5 Å². The molecule has 6 heteroatoms. The van der Waals surface area contributed by atoms with Crippen LogP contribution in [0.4, 0.5) is 8.78 Å². The number of hydrogen-bond acceptors (Lipinski definition) is 4. The largest absolute Gasteiger partial charge is 0.457 e. The smallest absolute Gasteiger partial charge is 0.193 e. The molecule has 0 aliphatic carbocycles. The summed E-state index contributed by atoms with van der Waals surface area (Å²) in [7, 11) is 0. The molecular weight excluding hydrogens is 486 g/mol. The minimum atomic E-state index is -0.350. The summed E-state index contributed by atoms with van der Waals surface area (Å²) in [6, 6.07) is 31.0. The van der Waals surface area contributed by atoms with E-state index in [1.807, 2.05) is 0 Å². The summed E-state index contributed by atoms with van der Waals surface area (Å²) in [6.07, 6.45) is 0. The van der Waals surface area contributed by atoms with E-state index < -0.39 is 0 Å². The summed E-state index contributed by atoms with van der Waals surface area (Å²) < 4.78 is 37.4. The highest BCUT2D eigenvalue weighted by Crippen LogP contribution is 2.24. The predicted octanol–water partition coefficient (Wildman–Crippen LogP) is 8.01. The van der Waals surface area contributed by atoms with Crippen LogP contribution in [0.15, 0.2) is 121 Å². The van der Waals surface area contributed by atoms with Crippen molar-refractivity contribution in [2.45, 2.75) is 0 Å². The van der Waals surface area contributed by atoms with Gasteiger partial charge in [-0.05, 0) is 97.1 Å². The fourth-order valence-corrected chi connectivity index (χ4v) is 3.73. The molecule has 0 unspecified atom stereocenters. The van der Waals surface area contributed by atoms with Crippen molar-refractivity contribution in [3.05, 3.63) is 155 Å². The number of carbonyl (C=O) groups excluding carboxylic acids is 2. The van der Waals surface area contributed by atoms with Gasteiger partial charge in [-0.25, -0.2) is 8.78 Å². The molecule has 0 amide bonds. The zero-order valence-electron chi connectivity index (χ0n) is 19.9. The van der Waals surface area contributed by atoms with Crippen LogP contribution < -0.4 is 9.47 Å². The fourth-order valence-electron chi connectivity index (χ4n) is 3.73. The Morgan fingerprint density at radius 2 is 0.579 bits per heavy atom. The second kappa shape index (κ2) is 10.9. The molecule has 38 heavy (non-hydrogen) atoms. The van der Waals surface area contributed by atoms with Crippen molar-refractivity contribution in [3.63, 3.8) is 0 Å². The van der Waals surface area contributed by atoms with E-state index in [0.717, 1.165) is 0 Å². The van der Waals surface area contributed by atoms with E-state index in [2.05, 4.69) is 0 Å². The van der Waals surface area contributed by atoms with E-state index in [-0.39, 0.29) is 23.2 Å². The first-order valence-corrected chi connectivity index (χ1v) is 11.7. The van der Waals surface area contributed by atoms with Crippen LogP contribution in [-0.2, 0) is 0 Å². The lowest BCUT2D eigenvalue weighted by molar-refractivity contribution is 0.102. The molecule has 0 spiro atoms. The Bertz CT molecular complexity index is 1440. The maximum absolute atomic E-state index is 13.1. The maximum Gasteiger partial charge on any atom is 0.193 e. The summed E-state index contributed by atoms with van der Waals surface area (Å²) in [6.45, 7) is 0. The van der Waals surface area contributed by atoms with Gasteiger partial charge in [0.25, 0.3) is 0 Å². The van der Waals surface area contributed by atoms with Crippen LogP contribution >= 0.6 is 0 Å². The number of ether oxygens (including phenoxy) is 2. The number of benzene rings is 5. The Hall–Kier alpha value is -5.10. The second-order valence-electron chi connectivity index (χ2n) is 8.40. The summed E-state index contributed by atoms with van der Waals surface area (Å²) in [5.41, 5.74) is 1.81. The van der Waals surface area contributed by atoms with Crippen molar-refractivity contribution in [2.75, 3.05) is 0 Å². The highest BCUT2D eigenvalue weighted by molar-refractivity contribution is 6.11. The Labute approximate surface area is 217 Å². The Kier molecular flexibility index (Phi) is 7.04. The van der Waals surface area contributed by atoms with Crippen molar-refractivity contribution in [1.29, 1.82) is 0 Å². The van der Waals surface area contributed by atoms with Gasteiger partial charge in [-0.1, -0.05) is 24.3 Å². The van der Waals surface area contributed by atoms with Gasteiger partial charge in [0.2, 0.25) is 0 Å². The third-order valence-electron chi connectivity index (χ3n) is 5.74. The first-order valence-electron chi connectivity index (χ1n) is 11.7. The monoisotopic (exact) mass is 506 g/mol. The summed E-state index contributed by atoms with van der Waals surface area (Å²) in [4.78, 5) is 25.8. The Morgan fingerprint density at radius 1 is 0.368 bits per heavy atom. The molecule has 0 atom stereocenters. The number of rotatable bonds is 8. The van der Waals surface area contributed by atoms with E-state index in [0.29, 0.717) is 45.3 Å². The highest BCUT2D eigenvalue weighted by Gasteiger charge is 2.13. The van der Waals surface area contributed by atoms with E-state index >= 15 is 0 Å². The molecule has 0 aliphatic rings. The third-order valence-corrected chi connectivity index (χ3v) is 5.74. The Morgan fingerprint density at radius 3 is 0.842 bits per heavy atom. The van der Waals surface area contributed by atoms with Crippen molar-refractivity contribution in [1.82, 2.24) is 0 Å². The van der Waals surface area contributed by atoms with Gasteiger partial charge in [-0.3, -0.25) is 9.59 Å². The van der Waals surface area contributed by atoms with Crippen LogP contribution in [0.1, 0.15) is 31.8 Å². The van der Waals surface area contributed by atoms with Gasteiger partial charge in [0, 0.05) is 22.3 Å². The standard InChI is InChI=1S/C32H20F2O4/c33-25-9-17-29(18-10-25)37-27-13-5-23(6-14-27)31(35)21-1-2-22(4-3-21)32(36)24-7-15-28(16-8-24)38-30-19-11-26(34)12-20-30/h1-20H. The molecule has 4 nitrogen and oxygen atoms in total. The van der Waals surface area contributed by atoms with Gasteiger partial charge >= 0.3 is 0 Å². The zero-order chi connectivity index (χ0) is 26.5. The van der Waals surface area contributed by atoms with Gasteiger partial charge in [-0.2, -0.15) is 0 Å². The highest BCUT2D eigenvalue weighted by atomic mass is 19.1. The lowest BCUT2D eigenvalue weighted by Crippen LogP contribution is -2.04. The molecule has 0 saturated carbocycles. The first kappa shape index (κ1) is 24.6. The molecule has 0 aromatic heterocycles. The second-order valence-corrected chi connectivity index (χ2v) is 8.40. The lowest BCUT2D eigenvalue weighted by Gasteiger charge is -2.08. The van der Waals surface area contributed by atoms with Crippen LogP contribution in [0.5, 0.6) is 23.0 Å². The molecule has 5 aromatic carbocycles. The predicted molar refractivity (Wildman–Crippen MR) is 139 cm³/mol. The van der Waals surface area contributed by atoms with Crippen LogP contribution in [-0.4, -0.2) is 11.6 Å². The SMILES string of the molecule is O=C(c1ccc(Oc2ccc(F)cc2)cc1)c1ccc(C(=O)c2ccc(Oc3ccc(F)cc3)cc2)cc1. The molecule has 0 N–H and O–H groups in total. The summed E-state index contributed by atoms with van der Waals surface area (Å²) >= 11 is 0. The number of carbonyl (C=O) groups is 2. The van der Waals surface area contributed by atoms with Crippen LogP contribution in [0, 0.1) is 11.6 Å². The fraction of sp³-hybridized carbons (Fsp3) is 0. The normalized spacial score (nSPS) is 10.6. The van der Waals surface area contributed by atoms with Gasteiger partial charge in [0.05, 0.1) is 0 Å². The molecule has 0 fully saturated rings. The molecule has 0 radical (unpaired) electrons. The van der Waals surface area contributed by atoms with Crippen molar-refractivity contribution < 1.29 is 27.8 Å². The average Bonchev–Trinajstić information content (AvgIpc) is 2.96. The number of ketones is 2. The molecular formula is C32H20F2O4. The van der Waals surface area contributed by atoms with Crippen molar-refractivity contribution in [3.8, 4) is 23.0 Å². The van der Waals surface area contributed by atoms with Crippen LogP contribution in [0.2, 0.25) is 0 Å². The molecule has 0 aliphatic heterocycles. The van der Waals surface area contributed by atoms with E-state index in [1.54, 1.807) is 72.8 Å². The minimum Gasteiger partial charge on any atom is -0.457 e. The van der Waals surface area contributed by atoms with Gasteiger partial charge in [-0.15, -0.1) is 0 Å². The van der Waals surface area contributed by atoms with Gasteiger partial charge < -0.3 is 9.47 Å². The van der Waals surface area contributed by atoms with E-state index in [4.69, 9.17) is 9.47 Å². The van der Waals surface area contributed by atoms with E-state index in [9.17, 15) is 18.4 Å². The zero-order valence-corrected chi connectivity index (χ0v) is 19.9. The van der Waals surface area contributed by atoms with Gasteiger partial charge in [0.15, 0.2) is 11.6 Å². The number of hydrogen-bond donors (Lipinski definition) is 0. The molecule has 5 aromatic rings. The summed E-state index contributed by atoms with van der Waals surface area (Å²) in [5, 5.41) is 0. The lowest BCUT2D eigenvalue weighted by atomic mass is 9.98. The molecule has 0 bridgehead atoms. The quantitative estimate of drug-likeness (QED) is 0.200. The van der Waals surface area contributed by atoms with Crippen LogP contribution in [0.3, 0.4) is 0 Å².